The molecule has 0 fully saturated rings. The van der Waals surface area contributed by atoms with Crippen LogP contribution in [0.25, 0.3) is 11.3 Å². The number of nitrogens with two attached hydrogens (primary N) is 2. The Balaban J connectivity index is 1.63. The van der Waals surface area contributed by atoms with Crippen LogP contribution in [0.5, 0.6) is 0 Å². The normalized spacial score (nSPS) is 10.3. The van der Waals surface area contributed by atoms with Gasteiger partial charge in [-0.2, -0.15) is 4.99 Å². The summed E-state index contributed by atoms with van der Waals surface area (Å²) >= 11 is 0. The molecule has 0 aliphatic rings. The fraction of sp³-hybridized carbons (Fsp3) is 0.0526. The van der Waals surface area contributed by atoms with Crippen molar-refractivity contribution in [2.45, 2.75) is 6.42 Å². The molecule has 0 atom stereocenters. The molecule has 0 bridgehead atoms. The Kier molecular flexibility index (Phi) is 5.36. The Morgan fingerprint density at radius 1 is 0.963 bits per heavy atom. The second-order valence-corrected chi connectivity index (χ2v) is 5.74. The second-order valence-electron chi connectivity index (χ2n) is 5.74. The van der Waals surface area contributed by atoms with E-state index in [1.54, 1.807) is 36.4 Å². The maximum absolute atomic E-state index is 12.9. The number of anilines is 1. The minimum atomic E-state index is -0.329. The van der Waals surface area contributed by atoms with E-state index in [9.17, 15) is 9.18 Å². The summed E-state index contributed by atoms with van der Waals surface area (Å²) in [5, 5.41) is 10.8. The number of amides is 1. The molecule has 1 amide bonds. The van der Waals surface area contributed by atoms with Crippen molar-refractivity contribution >= 4 is 23.4 Å². The largest absolute Gasteiger partial charge is 0.370 e. The number of rotatable bonds is 5. The summed E-state index contributed by atoms with van der Waals surface area (Å²) in [7, 11) is 0. The first-order chi connectivity index (χ1) is 13.0. The topological polar surface area (TPSA) is 119 Å². The van der Waals surface area contributed by atoms with Gasteiger partial charge in [0.15, 0.2) is 11.8 Å². The molecule has 1 aromatic heterocycles. The van der Waals surface area contributed by atoms with E-state index in [0.29, 0.717) is 17.2 Å². The molecule has 3 rings (SSSR count). The maximum atomic E-state index is 12.9. The van der Waals surface area contributed by atoms with Gasteiger partial charge in [-0.3, -0.25) is 4.79 Å². The van der Waals surface area contributed by atoms with Crippen molar-refractivity contribution in [1.29, 1.82) is 0 Å². The molecule has 27 heavy (non-hydrogen) atoms. The summed E-state index contributed by atoms with van der Waals surface area (Å²) in [6.07, 6.45) is 0.166. The lowest BCUT2D eigenvalue weighted by atomic mass is 10.1. The average molecular weight is 364 g/mol. The van der Waals surface area contributed by atoms with Gasteiger partial charge in [0.2, 0.25) is 5.91 Å². The van der Waals surface area contributed by atoms with E-state index in [4.69, 9.17) is 11.5 Å². The highest BCUT2D eigenvalue weighted by Gasteiger charge is 2.06. The van der Waals surface area contributed by atoms with E-state index in [1.807, 2.05) is 12.1 Å². The maximum Gasteiger partial charge on any atom is 0.228 e. The highest BCUT2D eigenvalue weighted by Crippen LogP contribution is 2.20. The lowest BCUT2D eigenvalue weighted by molar-refractivity contribution is -0.115. The Hall–Kier alpha value is -3.81. The Morgan fingerprint density at radius 3 is 2.26 bits per heavy atom. The molecule has 0 spiro atoms. The van der Waals surface area contributed by atoms with Crippen molar-refractivity contribution in [1.82, 2.24) is 10.2 Å². The Labute approximate surface area is 155 Å². The van der Waals surface area contributed by atoms with Gasteiger partial charge >= 0.3 is 0 Å². The van der Waals surface area contributed by atoms with Crippen LogP contribution in [0.1, 0.15) is 5.56 Å². The number of hydrogen-bond donors (Lipinski definition) is 3. The number of aromatic nitrogens is 2. The van der Waals surface area contributed by atoms with Gasteiger partial charge in [0.05, 0.1) is 12.1 Å². The summed E-state index contributed by atoms with van der Waals surface area (Å²) in [6.45, 7) is 0. The van der Waals surface area contributed by atoms with Gasteiger partial charge in [0.1, 0.15) is 5.82 Å². The molecule has 2 aromatic carbocycles. The summed E-state index contributed by atoms with van der Waals surface area (Å²) in [4.78, 5) is 15.9. The summed E-state index contributed by atoms with van der Waals surface area (Å²) < 4.78 is 12.9. The van der Waals surface area contributed by atoms with Crippen LogP contribution in [-0.4, -0.2) is 22.1 Å². The van der Waals surface area contributed by atoms with Crippen LogP contribution in [0.3, 0.4) is 0 Å². The van der Waals surface area contributed by atoms with Crippen LogP contribution < -0.4 is 16.8 Å². The van der Waals surface area contributed by atoms with E-state index in [1.165, 1.54) is 12.1 Å². The molecular formula is C19H17FN6O. The highest BCUT2D eigenvalue weighted by molar-refractivity contribution is 5.92. The first-order valence-electron chi connectivity index (χ1n) is 8.08. The zero-order valence-electron chi connectivity index (χ0n) is 14.3. The van der Waals surface area contributed by atoms with Gasteiger partial charge < -0.3 is 16.8 Å². The van der Waals surface area contributed by atoms with Gasteiger partial charge in [0, 0.05) is 11.3 Å². The van der Waals surface area contributed by atoms with E-state index < -0.39 is 0 Å². The van der Waals surface area contributed by atoms with Crippen molar-refractivity contribution in [2.24, 2.45) is 16.5 Å². The van der Waals surface area contributed by atoms with Crippen LogP contribution >= 0.6 is 0 Å². The molecule has 0 aliphatic carbocycles. The third-order valence-corrected chi connectivity index (χ3v) is 3.64. The highest BCUT2D eigenvalue weighted by atomic mass is 19.1. The molecular weight excluding hydrogens is 347 g/mol. The molecule has 5 N–H and O–H groups in total. The zero-order chi connectivity index (χ0) is 19.2. The van der Waals surface area contributed by atoms with Gasteiger partial charge in [0.25, 0.3) is 0 Å². The number of aliphatic imine (C=N–C) groups is 1. The molecule has 0 saturated carbocycles. The van der Waals surface area contributed by atoms with Crippen molar-refractivity contribution < 1.29 is 9.18 Å². The van der Waals surface area contributed by atoms with Crippen LogP contribution in [0.4, 0.5) is 15.9 Å². The standard InChI is InChI=1S/C19H17FN6O/c20-14-5-1-12(2-6-14)11-18(27)23-15-7-3-13(4-8-15)16-9-10-17(26-25-16)24-19(21)22/h1-10H,11H2,(H,23,27)(H4,21,22,24,26). The minimum Gasteiger partial charge on any atom is -0.370 e. The van der Waals surface area contributed by atoms with Gasteiger partial charge in [-0.25, -0.2) is 4.39 Å². The van der Waals surface area contributed by atoms with Crippen LogP contribution in [0.2, 0.25) is 0 Å². The van der Waals surface area contributed by atoms with Crippen molar-refractivity contribution in [2.75, 3.05) is 5.32 Å². The first-order valence-corrected chi connectivity index (χ1v) is 8.08. The molecule has 8 heteroatoms. The van der Waals surface area contributed by atoms with Crippen LogP contribution in [0, 0.1) is 5.82 Å². The lowest BCUT2D eigenvalue weighted by Gasteiger charge is -2.07. The first kappa shape index (κ1) is 18.0. The summed E-state index contributed by atoms with van der Waals surface area (Å²) in [6, 6.07) is 16.4. The number of hydrogen-bond acceptors (Lipinski definition) is 4. The van der Waals surface area contributed by atoms with E-state index in [2.05, 4.69) is 20.5 Å². The second kappa shape index (κ2) is 8.05. The Bertz CT molecular complexity index is 949. The average Bonchev–Trinajstić information content (AvgIpc) is 2.64. The number of nitrogens with one attached hydrogen (secondary N) is 1. The number of benzene rings is 2. The molecule has 1 heterocycles. The van der Waals surface area contributed by atoms with Crippen LogP contribution in [-0.2, 0) is 11.2 Å². The van der Waals surface area contributed by atoms with E-state index in [-0.39, 0.29) is 24.1 Å². The van der Waals surface area contributed by atoms with Gasteiger partial charge in [-0.15, -0.1) is 10.2 Å². The molecule has 136 valence electrons. The van der Waals surface area contributed by atoms with Crippen molar-refractivity contribution in [3.63, 3.8) is 0 Å². The third-order valence-electron chi connectivity index (χ3n) is 3.64. The minimum absolute atomic E-state index is 0.0854. The molecule has 7 nitrogen and oxygen atoms in total. The van der Waals surface area contributed by atoms with Crippen molar-refractivity contribution in [3.05, 3.63) is 72.0 Å². The van der Waals surface area contributed by atoms with Gasteiger partial charge in [-0.05, 0) is 42.0 Å². The van der Waals surface area contributed by atoms with E-state index >= 15 is 0 Å². The molecule has 0 radical (unpaired) electrons. The smallest absolute Gasteiger partial charge is 0.228 e. The van der Waals surface area contributed by atoms with Crippen LogP contribution in [0.15, 0.2) is 65.7 Å². The van der Waals surface area contributed by atoms with E-state index in [0.717, 1.165) is 11.1 Å². The Morgan fingerprint density at radius 2 is 1.67 bits per heavy atom. The molecule has 0 saturated heterocycles. The predicted molar refractivity (Wildman–Crippen MR) is 102 cm³/mol. The lowest BCUT2D eigenvalue weighted by Crippen LogP contribution is -2.22. The summed E-state index contributed by atoms with van der Waals surface area (Å²) in [5.74, 6) is -0.277. The quantitative estimate of drug-likeness (QED) is 0.474. The van der Waals surface area contributed by atoms with Gasteiger partial charge in [-0.1, -0.05) is 24.3 Å². The molecule has 0 unspecified atom stereocenters. The predicted octanol–water partition coefficient (Wildman–Crippen LogP) is 2.37. The molecule has 0 aliphatic heterocycles. The van der Waals surface area contributed by atoms with Crippen molar-refractivity contribution in [3.8, 4) is 11.3 Å². The number of halogens is 1. The number of guanidine groups is 1. The zero-order valence-corrected chi connectivity index (χ0v) is 14.3. The summed E-state index contributed by atoms with van der Waals surface area (Å²) in [5.41, 5.74) is 13.5. The monoisotopic (exact) mass is 364 g/mol. The fourth-order valence-corrected chi connectivity index (χ4v) is 2.39. The SMILES string of the molecule is NC(N)=Nc1ccc(-c2ccc(NC(=O)Cc3ccc(F)cc3)cc2)nn1. The number of nitrogens with zero attached hydrogens (tertiary/aromatic N) is 3. The number of carbonyl (C=O) groups is 1. The fourth-order valence-electron chi connectivity index (χ4n) is 2.39. The third kappa shape index (κ3) is 5.08. The number of carbonyl (C=O) groups excluding carboxylic acids is 1. The molecule has 3 aromatic rings.